The van der Waals surface area contributed by atoms with Gasteiger partial charge in [-0.1, -0.05) is 26.0 Å². The van der Waals surface area contributed by atoms with Crippen LogP contribution in [0, 0.1) is 0 Å². The van der Waals surface area contributed by atoms with Crippen LogP contribution < -0.4 is 10.0 Å². The number of ether oxygens (including phenoxy) is 1. The number of nitrogens with one attached hydrogen (secondary N) is 2. The van der Waals surface area contributed by atoms with Crippen molar-refractivity contribution in [2.75, 3.05) is 20.3 Å². The van der Waals surface area contributed by atoms with Gasteiger partial charge in [-0.25, -0.2) is 13.1 Å². The fraction of sp³-hybridized carbons (Fsp3) is 0.571. The quantitative estimate of drug-likeness (QED) is 0.678. The van der Waals surface area contributed by atoms with E-state index in [9.17, 15) is 8.42 Å². The zero-order valence-electron chi connectivity index (χ0n) is 12.3. The summed E-state index contributed by atoms with van der Waals surface area (Å²) in [7, 11) is -1.82. The van der Waals surface area contributed by atoms with Crippen molar-refractivity contribution in [2.24, 2.45) is 0 Å². The summed E-state index contributed by atoms with van der Waals surface area (Å²) in [4.78, 5) is 0.295. The maximum Gasteiger partial charge on any atom is 0.240 e. The van der Waals surface area contributed by atoms with E-state index in [1.165, 1.54) is 0 Å². The average molecular weight is 300 g/mol. The molecule has 0 radical (unpaired) electrons. The molecule has 114 valence electrons. The lowest BCUT2D eigenvalue weighted by Crippen LogP contribution is -2.25. The van der Waals surface area contributed by atoms with Crippen molar-refractivity contribution in [3.05, 3.63) is 29.8 Å². The highest BCUT2D eigenvalue weighted by molar-refractivity contribution is 7.89. The van der Waals surface area contributed by atoms with E-state index in [4.69, 9.17) is 4.74 Å². The molecule has 0 aliphatic carbocycles. The van der Waals surface area contributed by atoms with E-state index in [1.807, 2.05) is 12.1 Å². The highest BCUT2D eigenvalue weighted by atomic mass is 32.2. The third kappa shape index (κ3) is 6.00. The fourth-order valence-corrected chi connectivity index (χ4v) is 2.69. The normalized spacial score (nSPS) is 12.0. The van der Waals surface area contributed by atoms with Crippen LogP contribution in [0.1, 0.15) is 25.8 Å². The Morgan fingerprint density at radius 3 is 2.40 bits per heavy atom. The standard InChI is InChI=1S/C14H24N2O3S/c1-12(2)15-11-13-5-7-14(8-6-13)20(17,18)16-9-4-10-19-3/h5-8,12,15-16H,4,9-11H2,1-3H3. The van der Waals surface area contributed by atoms with Gasteiger partial charge in [-0.2, -0.15) is 0 Å². The van der Waals surface area contributed by atoms with Crippen molar-refractivity contribution in [2.45, 2.75) is 37.8 Å². The van der Waals surface area contributed by atoms with Gasteiger partial charge in [-0.3, -0.25) is 0 Å². The SMILES string of the molecule is COCCCNS(=O)(=O)c1ccc(CNC(C)C)cc1. The van der Waals surface area contributed by atoms with Crippen LogP contribution in [0.25, 0.3) is 0 Å². The van der Waals surface area contributed by atoms with E-state index in [0.29, 0.717) is 30.5 Å². The summed E-state index contributed by atoms with van der Waals surface area (Å²) in [5, 5.41) is 3.29. The van der Waals surface area contributed by atoms with Crippen molar-refractivity contribution in [1.82, 2.24) is 10.0 Å². The summed E-state index contributed by atoms with van der Waals surface area (Å²) >= 11 is 0. The van der Waals surface area contributed by atoms with E-state index in [-0.39, 0.29) is 0 Å². The second kappa shape index (κ2) is 8.36. The van der Waals surface area contributed by atoms with Gasteiger partial charge in [0.05, 0.1) is 4.90 Å². The number of hydrogen-bond donors (Lipinski definition) is 2. The smallest absolute Gasteiger partial charge is 0.240 e. The highest BCUT2D eigenvalue weighted by Gasteiger charge is 2.12. The van der Waals surface area contributed by atoms with Crippen LogP contribution in [0.4, 0.5) is 0 Å². The first kappa shape index (κ1) is 17.1. The second-order valence-corrected chi connectivity index (χ2v) is 6.69. The zero-order valence-corrected chi connectivity index (χ0v) is 13.2. The molecule has 0 unspecified atom stereocenters. The van der Waals surface area contributed by atoms with Crippen LogP contribution in [-0.2, 0) is 21.3 Å². The molecule has 1 aromatic carbocycles. The second-order valence-electron chi connectivity index (χ2n) is 4.92. The molecule has 20 heavy (non-hydrogen) atoms. The van der Waals surface area contributed by atoms with Crippen LogP contribution in [-0.4, -0.2) is 34.7 Å². The van der Waals surface area contributed by atoms with Gasteiger partial charge in [0.15, 0.2) is 0 Å². The molecular formula is C14H24N2O3S. The van der Waals surface area contributed by atoms with Crippen LogP contribution >= 0.6 is 0 Å². The number of rotatable bonds is 9. The third-order valence-corrected chi connectivity index (χ3v) is 4.24. The lowest BCUT2D eigenvalue weighted by atomic mass is 10.2. The Bertz CT molecular complexity index is 484. The third-order valence-electron chi connectivity index (χ3n) is 2.77. The first-order chi connectivity index (χ1) is 9.45. The topological polar surface area (TPSA) is 67.4 Å². The van der Waals surface area contributed by atoms with E-state index >= 15 is 0 Å². The molecule has 0 heterocycles. The molecule has 5 nitrogen and oxygen atoms in total. The molecule has 0 spiro atoms. The minimum absolute atomic E-state index is 0.295. The molecule has 2 N–H and O–H groups in total. The Kier molecular flexibility index (Phi) is 7.15. The monoisotopic (exact) mass is 300 g/mol. The Morgan fingerprint density at radius 2 is 1.85 bits per heavy atom. The minimum atomic E-state index is -3.41. The van der Waals surface area contributed by atoms with Crippen LogP contribution in [0.5, 0.6) is 0 Å². The maximum atomic E-state index is 12.0. The first-order valence-corrected chi connectivity index (χ1v) is 8.25. The molecule has 0 bridgehead atoms. The summed E-state index contributed by atoms with van der Waals surface area (Å²) in [6.45, 7) is 5.81. The highest BCUT2D eigenvalue weighted by Crippen LogP contribution is 2.10. The molecule has 6 heteroatoms. The molecule has 0 aliphatic heterocycles. The van der Waals surface area contributed by atoms with Crippen LogP contribution in [0.3, 0.4) is 0 Å². The Hall–Kier alpha value is -0.950. The number of hydrogen-bond acceptors (Lipinski definition) is 4. The predicted molar refractivity (Wildman–Crippen MR) is 80.1 cm³/mol. The Labute approximate surface area is 121 Å². The summed E-state index contributed by atoms with van der Waals surface area (Å²) < 4.78 is 31.4. The van der Waals surface area contributed by atoms with Gasteiger partial charge in [0.1, 0.15) is 0 Å². The van der Waals surface area contributed by atoms with Crippen molar-refractivity contribution < 1.29 is 13.2 Å². The number of sulfonamides is 1. The fourth-order valence-electron chi connectivity index (χ4n) is 1.61. The molecule has 1 aromatic rings. The lowest BCUT2D eigenvalue weighted by Gasteiger charge is -2.09. The van der Waals surface area contributed by atoms with Crippen molar-refractivity contribution in [3.63, 3.8) is 0 Å². The molecule has 0 aromatic heterocycles. The summed E-state index contributed by atoms with van der Waals surface area (Å²) in [5.74, 6) is 0. The lowest BCUT2D eigenvalue weighted by molar-refractivity contribution is 0.196. The summed E-state index contributed by atoms with van der Waals surface area (Å²) in [5.41, 5.74) is 1.07. The molecular weight excluding hydrogens is 276 g/mol. The van der Waals surface area contributed by atoms with Crippen molar-refractivity contribution in [3.8, 4) is 0 Å². The first-order valence-electron chi connectivity index (χ1n) is 6.76. The molecule has 0 amide bonds. The molecule has 0 saturated carbocycles. The van der Waals surface area contributed by atoms with Gasteiger partial charge in [0, 0.05) is 32.8 Å². The van der Waals surface area contributed by atoms with Gasteiger partial charge in [0.25, 0.3) is 0 Å². The zero-order chi connectivity index (χ0) is 15.0. The molecule has 0 aliphatic rings. The van der Waals surface area contributed by atoms with Gasteiger partial charge >= 0.3 is 0 Å². The van der Waals surface area contributed by atoms with Crippen molar-refractivity contribution in [1.29, 1.82) is 0 Å². The molecule has 0 atom stereocenters. The van der Waals surface area contributed by atoms with Gasteiger partial charge in [-0.15, -0.1) is 0 Å². The Morgan fingerprint density at radius 1 is 1.20 bits per heavy atom. The average Bonchev–Trinajstić information content (AvgIpc) is 2.42. The number of benzene rings is 1. The molecule has 0 saturated heterocycles. The largest absolute Gasteiger partial charge is 0.385 e. The summed E-state index contributed by atoms with van der Waals surface area (Å²) in [6, 6.07) is 7.34. The minimum Gasteiger partial charge on any atom is -0.385 e. The Balaban J connectivity index is 2.57. The summed E-state index contributed by atoms with van der Waals surface area (Å²) in [6.07, 6.45) is 0.659. The van der Waals surface area contributed by atoms with Crippen molar-refractivity contribution >= 4 is 10.0 Å². The predicted octanol–water partition coefficient (Wildman–Crippen LogP) is 1.50. The van der Waals surface area contributed by atoms with Crippen LogP contribution in [0.2, 0.25) is 0 Å². The van der Waals surface area contributed by atoms with E-state index < -0.39 is 10.0 Å². The maximum absolute atomic E-state index is 12.0. The molecule has 0 fully saturated rings. The van der Waals surface area contributed by atoms with Crippen LogP contribution in [0.15, 0.2) is 29.2 Å². The van der Waals surface area contributed by atoms with Gasteiger partial charge in [0.2, 0.25) is 10.0 Å². The molecule has 1 rings (SSSR count). The number of methoxy groups -OCH3 is 1. The van der Waals surface area contributed by atoms with E-state index in [0.717, 1.165) is 12.1 Å². The van der Waals surface area contributed by atoms with E-state index in [2.05, 4.69) is 23.9 Å². The van der Waals surface area contributed by atoms with Gasteiger partial charge in [-0.05, 0) is 24.1 Å². The van der Waals surface area contributed by atoms with Gasteiger partial charge < -0.3 is 10.1 Å². The van der Waals surface area contributed by atoms with E-state index in [1.54, 1.807) is 19.2 Å².